The molecule has 0 saturated heterocycles. The van der Waals surface area contributed by atoms with Crippen LogP contribution in [0.1, 0.15) is 20.8 Å². The molecular weight excluding hydrogens is 268 g/mol. The van der Waals surface area contributed by atoms with E-state index in [1.54, 1.807) is 6.07 Å². The summed E-state index contributed by atoms with van der Waals surface area (Å²) in [5.74, 6) is -0.860. The van der Waals surface area contributed by atoms with Crippen LogP contribution in [-0.4, -0.2) is 11.1 Å². The maximum Gasteiger partial charge on any atom is 0.345 e. The summed E-state index contributed by atoms with van der Waals surface area (Å²) in [6.45, 7) is 4.06. The number of hydrogen-bond acceptors (Lipinski definition) is 2. The highest BCUT2D eigenvalue weighted by molar-refractivity contribution is 7.17. The molecular formula is C17H14O2S. The lowest BCUT2D eigenvalue weighted by Gasteiger charge is -2.08. The predicted octanol–water partition coefficient (Wildman–Crippen LogP) is 4.88. The Balaban J connectivity index is 2.30. The van der Waals surface area contributed by atoms with Crippen molar-refractivity contribution in [3.63, 3.8) is 0 Å². The standard InChI is InChI=1S/C17H14O2S/c1-10-7-8-14(13-6-4-3-5-12(10)13)16-11(2)9-15(20-16)17(18)19/h3-9H,1-2H3,(H,18,19). The van der Waals surface area contributed by atoms with Gasteiger partial charge in [0.15, 0.2) is 0 Å². The van der Waals surface area contributed by atoms with E-state index in [0.717, 1.165) is 16.0 Å². The third kappa shape index (κ3) is 2.00. The number of fused-ring (bicyclic) bond motifs is 1. The van der Waals surface area contributed by atoms with Gasteiger partial charge in [-0.25, -0.2) is 4.79 Å². The van der Waals surface area contributed by atoms with E-state index in [-0.39, 0.29) is 0 Å². The third-order valence-electron chi connectivity index (χ3n) is 3.52. The van der Waals surface area contributed by atoms with Crippen LogP contribution in [0.2, 0.25) is 0 Å². The minimum atomic E-state index is -0.860. The Morgan fingerprint density at radius 2 is 1.70 bits per heavy atom. The molecule has 0 aliphatic carbocycles. The van der Waals surface area contributed by atoms with E-state index in [2.05, 4.69) is 31.2 Å². The van der Waals surface area contributed by atoms with E-state index in [0.29, 0.717) is 4.88 Å². The second-order valence-corrected chi connectivity index (χ2v) is 5.96. The van der Waals surface area contributed by atoms with Gasteiger partial charge in [-0.05, 0) is 47.4 Å². The van der Waals surface area contributed by atoms with Crippen molar-refractivity contribution in [3.05, 3.63) is 58.5 Å². The Hall–Kier alpha value is -2.13. The zero-order chi connectivity index (χ0) is 14.3. The van der Waals surface area contributed by atoms with Crippen molar-refractivity contribution in [1.29, 1.82) is 0 Å². The van der Waals surface area contributed by atoms with Gasteiger partial charge in [0, 0.05) is 4.88 Å². The lowest BCUT2D eigenvalue weighted by Crippen LogP contribution is -1.89. The largest absolute Gasteiger partial charge is 0.477 e. The molecule has 1 N–H and O–H groups in total. The first-order chi connectivity index (χ1) is 9.58. The second-order valence-electron chi connectivity index (χ2n) is 4.90. The molecule has 0 bridgehead atoms. The molecule has 3 rings (SSSR count). The number of carbonyl (C=O) groups is 1. The van der Waals surface area contributed by atoms with Gasteiger partial charge in [-0.1, -0.05) is 36.4 Å². The van der Waals surface area contributed by atoms with Gasteiger partial charge in [-0.3, -0.25) is 0 Å². The average molecular weight is 282 g/mol. The number of carboxylic acid groups (broad SMARTS) is 1. The SMILES string of the molecule is Cc1cc(C(=O)O)sc1-c1ccc(C)c2ccccc12. The van der Waals surface area contributed by atoms with Gasteiger partial charge in [0.1, 0.15) is 4.88 Å². The summed E-state index contributed by atoms with van der Waals surface area (Å²) < 4.78 is 0. The van der Waals surface area contributed by atoms with Crippen LogP contribution >= 0.6 is 11.3 Å². The first-order valence-corrected chi connectivity index (χ1v) is 7.22. The molecule has 0 unspecified atom stereocenters. The topological polar surface area (TPSA) is 37.3 Å². The zero-order valence-electron chi connectivity index (χ0n) is 11.3. The van der Waals surface area contributed by atoms with Crippen molar-refractivity contribution in [2.24, 2.45) is 0 Å². The molecule has 2 nitrogen and oxygen atoms in total. The predicted molar refractivity (Wildman–Crippen MR) is 83.7 cm³/mol. The molecule has 0 fully saturated rings. The van der Waals surface area contributed by atoms with Gasteiger partial charge < -0.3 is 5.11 Å². The Labute approximate surface area is 121 Å². The normalized spacial score (nSPS) is 10.9. The summed E-state index contributed by atoms with van der Waals surface area (Å²) in [7, 11) is 0. The monoisotopic (exact) mass is 282 g/mol. The first-order valence-electron chi connectivity index (χ1n) is 6.40. The number of aryl methyl sites for hydroxylation is 2. The summed E-state index contributed by atoms with van der Waals surface area (Å²) in [6, 6.07) is 14.2. The molecule has 0 atom stereocenters. The van der Waals surface area contributed by atoms with Crippen LogP contribution in [0.5, 0.6) is 0 Å². The van der Waals surface area contributed by atoms with Gasteiger partial charge >= 0.3 is 5.97 Å². The molecule has 0 aliphatic heterocycles. The molecule has 100 valence electrons. The molecule has 3 aromatic rings. The van der Waals surface area contributed by atoms with Crippen molar-refractivity contribution in [2.45, 2.75) is 13.8 Å². The Bertz CT molecular complexity index is 815. The number of hydrogen-bond donors (Lipinski definition) is 1. The summed E-state index contributed by atoms with van der Waals surface area (Å²) in [5.41, 5.74) is 3.36. The maximum atomic E-state index is 11.1. The quantitative estimate of drug-likeness (QED) is 0.727. The molecule has 0 amide bonds. The van der Waals surface area contributed by atoms with Crippen LogP contribution in [-0.2, 0) is 0 Å². The molecule has 0 spiro atoms. The Morgan fingerprint density at radius 1 is 1.00 bits per heavy atom. The number of thiophene rings is 1. The molecule has 3 heteroatoms. The second kappa shape index (κ2) is 4.76. The van der Waals surface area contributed by atoms with Crippen molar-refractivity contribution in [1.82, 2.24) is 0 Å². The molecule has 1 heterocycles. The highest BCUT2D eigenvalue weighted by atomic mass is 32.1. The van der Waals surface area contributed by atoms with Crippen LogP contribution in [0.25, 0.3) is 21.2 Å². The van der Waals surface area contributed by atoms with Crippen molar-refractivity contribution in [2.75, 3.05) is 0 Å². The molecule has 2 aromatic carbocycles. The van der Waals surface area contributed by atoms with E-state index < -0.39 is 5.97 Å². The number of aromatic carboxylic acids is 1. The lowest BCUT2D eigenvalue weighted by atomic mass is 9.98. The molecule has 0 aliphatic rings. The van der Waals surface area contributed by atoms with Crippen LogP contribution < -0.4 is 0 Å². The van der Waals surface area contributed by atoms with Gasteiger partial charge in [-0.2, -0.15) is 0 Å². The van der Waals surface area contributed by atoms with E-state index in [1.807, 2.05) is 19.1 Å². The number of benzene rings is 2. The van der Waals surface area contributed by atoms with E-state index >= 15 is 0 Å². The number of rotatable bonds is 2. The van der Waals surface area contributed by atoms with Crippen LogP contribution in [0.15, 0.2) is 42.5 Å². The minimum absolute atomic E-state index is 0.391. The molecule has 0 saturated carbocycles. The van der Waals surface area contributed by atoms with Crippen molar-refractivity contribution in [3.8, 4) is 10.4 Å². The maximum absolute atomic E-state index is 11.1. The fourth-order valence-electron chi connectivity index (χ4n) is 2.50. The van der Waals surface area contributed by atoms with Gasteiger partial charge in [-0.15, -0.1) is 11.3 Å². The van der Waals surface area contributed by atoms with Crippen LogP contribution in [0.3, 0.4) is 0 Å². The van der Waals surface area contributed by atoms with Crippen LogP contribution in [0, 0.1) is 13.8 Å². The average Bonchev–Trinajstić information content (AvgIpc) is 2.82. The highest BCUT2D eigenvalue weighted by Crippen LogP contribution is 2.37. The summed E-state index contributed by atoms with van der Waals surface area (Å²) in [4.78, 5) is 12.6. The minimum Gasteiger partial charge on any atom is -0.477 e. The Kier molecular flexibility index (Phi) is 3.07. The van der Waals surface area contributed by atoms with E-state index in [9.17, 15) is 4.79 Å². The summed E-state index contributed by atoms with van der Waals surface area (Å²) >= 11 is 1.34. The molecule has 20 heavy (non-hydrogen) atoms. The third-order valence-corrected chi connectivity index (χ3v) is 4.77. The van der Waals surface area contributed by atoms with E-state index in [1.165, 1.54) is 27.7 Å². The zero-order valence-corrected chi connectivity index (χ0v) is 12.1. The fourth-order valence-corrected chi connectivity index (χ4v) is 3.55. The van der Waals surface area contributed by atoms with Crippen molar-refractivity contribution >= 4 is 28.1 Å². The Morgan fingerprint density at radius 3 is 2.35 bits per heavy atom. The lowest BCUT2D eigenvalue weighted by molar-refractivity contribution is 0.0702. The first kappa shape index (κ1) is 12.9. The fraction of sp³-hybridized carbons (Fsp3) is 0.118. The van der Waals surface area contributed by atoms with E-state index in [4.69, 9.17) is 5.11 Å². The molecule has 0 radical (unpaired) electrons. The van der Waals surface area contributed by atoms with Crippen LogP contribution in [0.4, 0.5) is 0 Å². The summed E-state index contributed by atoms with van der Waals surface area (Å²) in [5, 5.41) is 11.5. The van der Waals surface area contributed by atoms with Crippen molar-refractivity contribution < 1.29 is 9.90 Å². The summed E-state index contributed by atoms with van der Waals surface area (Å²) in [6.07, 6.45) is 0. The smallest absolute Gasteiger partial charge is 0.345 e. The number of carboxylic acids is 1. The van der Waals surface area contributed by atoms with Gasteiger partial charge in [0.05, 0.1) is 0 Å². The molecule has 1 aromatic heterocycles. The van der Waals surface area contributed by atoms with Gasteiger partial charge in [0.2, 0.25) is 0 Å². The highest BCUT2D eigenvalue weighted by Gasteiger charge is 2.14. The van der Waals surface area contributed by atoms with Gasteiger partial charge in [0.25, 0.3) is 0 Å².